The van der Waals surface area contributed by atoms with Gasteiger partial charge >= 0.3 is 0 Å². The van der Waals surface area contributed by atoms with Gasteiger partial charge in [-0.15, -0.1) is 0 Å². The van der Waals surface area contributed by atoms with Crippen LogP contribution in [0.2, 0.25) is 0 Å². The lowest BCUT2D eigenvalue weighted by atomic mass is 10.2. The molecule has 1 aliphatic carbocycles. The molecule has 0 bridgehead atoms. The lowest BCUT2D eigenvalue weighted by molar-refractivity contribution is 0.569. The van der Waals surface area contributed by atoms with Crippen molar-refractivity contribution in [2.75, 3.05) is 6.54 Å². The van der Waals surface area contributed by atoms with Gasteiger partial charge in [-0.1, -0.05) is 26.3 Å². The Morgan fingerprint density at radius 3 is 2.71 bits per heavy atom. The Bertz CT molecular complexity index is 543. The van der Waals surface area contributed by atoms with Crippen molar-refractivity contribution in [2.45, 2.75) is 57.1 Å². The van der Waals surface area contributed by atoms with E-state index >= 15 is 0 Å². The fourth-order valence-corrected chi connectivity index (χ4v) is 3.67. The van der Waals surface area contributed by atoms with Gasteiger partial charge in [0, 0.05) is 18.8 Å². The fourth-order valence-electron chi connectivity index (χ4n) is 2.43. The third-order valence-corrected chi connectivity index (χ3v) is 5.12. The molecular formula is C15H25N3O2S. The van der Waals surface area contributed by atoms with E-state index in [-0.39, 0.29) is 11.1 Å². The summed E-state index contributed by atoms with van der Waals surface area (Å²) in [6.45, 7) is 5.89. The first kappa shape index (κ1) is 16.4. The van der Waals surface area contributed by atoms with Crippen LogP contribution in [0.4, 0.5) is 0 Å². The quantitative estimate of drug-likeness (QED) is 0.685. The first-order valence-electron chi connectivity index (χ1n) is 7.74. The first-order valence-corrected chi connectivity index (χ1v) is 9.23. The number of rotatable bonds is 9. The van der Waals surface area contributed by atoms with Crippen LogP contribution in [0, 0.1) is 5.92 Å². The number of aromatic nitrogens is 1. The van der Waals surface area contributed by atoms with E-state index < -0.39 is 10.0 Å². The van der Waals surface area contributed by atoms with E-state index in [0.717, 1.165) is 44.3 Å². The molecule has 1 heterocycles. The summed E-state index contributed by atoms with van der Waals surface area (Å²) < 4.78 is 27.2. The monoisotopic (exact) mass is 311 g/mol. The van der Waals surface area contributed by atoms with E-state index in [1.165, 1.54) is 0 Å². The van der Waals surface area contributed by atoms with Gasteiger partial charge < -0.3 is 5.32 Å². The second kappa shape index (κ2) is 7.33. The average molecular weight is 311 g/mol. The van der Waals surface area contributed by atoms with Crippen molar-refractivity contribution in [1.82, 2.24) is 15.0 Å². The number of pyridine rings is 1. The van der Waals surface area contributed by atoms with Crippen LogP contribution in [0.15, 0.2) is 23.4 Å². The molecule has 2 unspecified atom stereocenters. The van der Waals surface area contributed by atoms with Crippen molar-refractivity contribution in [2.24, 2.45) is 5.92 Å². The molecule has 2 atom stereocenters. The predicted octanol–water partition coefficient (Wildman–Crippen LogP) is 2.05. The highest BCUT2D eigenvalue weighted by atomic mass is 32.2. The Kier molecular flexibility index (Phi) is 5.72. The van der Waals surface area contributed by atoms with Crippen molar-refractivity contribution in [1.29, 1.82) is 0 Å². The smallest absolute Gasteiger partial charge is 0.258 e. The standard InChI is InChI=1S/C15H25N3O2S/c1-3-5-13-9-14(13)18-21(19,20)15-7-6-12(11-17-15)10-16-8-4-2/h6-7,11,13-14,16,18H,3-5,8-10H2,1-2H3. The zero-order chi connectivity index (χ0) is 15.3. The Hall–Kier alpha value is -0.980. The van der Waals surface area contributed by atoms with Crippen molar-refractivity contribution in [3.05, 3.63) is 23.9 Å². The molecule has 0 aliphatic heterocycles. The van der Waals surface area contributed by atoms with Crippen LogP contribution in [0.3, 0.4) is 0 Å². The van der Waals surface area contributed by atoms with E-state index in [0.29, 0.717) is 5.92 Å². The van der Waals surface area contributed by atoms with Gasteiger partial charge in [-0.05, 0) is 43.4 Å². The number of sulfonamides is 1. The summed E-state index contributed by atoms with van der Waals surface area (Å²) in [7, 11) is -3.47. The van der Waals surface area contributed by atoms with Crippen LogP contribution in [0.5, 0.6) is 0 Å². The minimum atomic E-state index is -3.47. The van der Waals surface area contributed by atoms with Gasteiger partial charge in [-0.3, -0.25) is 0 Å². The molecule has 0 aromatic carbocycles. The highest BCUT2D eigenvalue weighted by Gasteiger charge is 2.39. The minimum absolute atomic E-state index is 0.0997. The third kappa shape index (κ3) is 4.76. The molecule has 1 fully saturated rings. The molecule has 0 spiro atoms. The maximum Gasteiger partial charge on any atom is 0.258 e. The molecule has 1 saturated carbocycles. The molecular weight excluding hydrogens is 286 g/mol. The summed E-state index contributed by atoms with van der Waals surface area (Å²) in [5.74, 6) is 0.502. The van der Waals surface area contributed by atoms with Gasteiger partial charge in [0.15, 0.2) is 5.03 Å². The SMILES string of the molecule is CCCNCc1ccc(S(=O)(=O)NC2CC2CCC)nc1. The normalized spacial score (nSPS) is 21.4. The molecule has 0 radical (unpaired) electrons. The van der Waals surface area contributed by atoms with Crippen molar-refractivity contribution in [3.8, 4) is 0 Å². The average Bonchev–Trinajstić information content (AvgIpc) is 3.17. The Labute approximate surface area is 127 Å². The molecule has 0 amide bonds. The predicted molar refractivity (Wildman–Crippen MR) is 83.4 cm³/mol. The summed E-state index contributed by atoms with van der Waals surface area (Å²) in [5.41, 5.74) is 0.998. The van der Waals surface area contributed by atoms with Gasteiger partial charge in [-0.25, -0.2) is 18.1 Å². The molecule has 1 aliphatic rings. The molecule has 2 N–H and O–H groups in total. The molecule has 2 rings (SSSR count). The van der Waals surface area contributed by atoms with Gasteiger partial charge in [-0.2, -0.15) is 0 Å². The summed E-state index contributed by atoms with van der Waals surface area (Å²) in [6, 6.07) is 3.51. The number of nitrogens with one attached hydrogen (secondary N) is 2. The van der Waals surface area contributed by atoms with E-state index in [2.05, 4.69) is 28.9 Å². The zero-order valence-electron chi connectivity index (χ0n) is 12.8. The van der Waals surface area contributed by atoms with Gasteiger partial charge in [0.25, 0.3) is 10.0 Å². The highest BCUT2D eigenvalue weighted by molar-refractivity contribution is 7.89. The van der Waals surface area contributed by atoms with Crippen molar-refractivity contribution >= 4 is 10.0 Å². The van der Waals surface area contributed by atoms with Crippen molar-refractivity contribution in [3.63, 3.8) is 0 Å². The second-order valence-electron chi connectivity index (χ2n) is 5.69. The van der Waals surface area contributed by atoms with Crippen molar-refractivity contribution < 1.29 is 8.42 Å². The third-order valence-electron chi connectivity index (χ3n) is 3.72. The van der Waals surface area contributed by atoms with Crippen LogP contribution in [0.1, 0.15) is 45.1 Å². The molecule has 118 valence electrons. The van der Waals surface area contributed by atoms with Crippen LogP contribution >= 0.6 is 0 Å². The minimum Gasteiger partial charge on any atom is -0.313 e. The number of hydrogen-bond donors (Lipinski definition) is 2. The van der Waals surface area contributed by atoms with Gasteiger partial charge in [0.1, 0.15) is 0 Å². The molecule has 5 nitrogen and oxygen atoms in total. The summed E-state index contributed by atoms with van der Waals surface area (Å²) in [5, 5.41) is 3.38. The Balaban J connectivity index is 1.91. The lowest BCUT2D eigenvalue weighted by Gasteiger charge is -2.07. The molecule has 1 aromatic rings. The Morgan fingerprint density at radius 1 is 1.29 bits per heavy atom. The number of hydrogen-bond acceptors (Lipinski definition) is 4. The van der Waals surface area contributed by atoms with Crippen LogP contribution in [-0.4, -0.2) is 26.0 Å². The molecule has 21 heavy (non-hydrogen) atoms. The summed E-state index contributed by atoms with van der Waals surface area (Å²) >= 11 is 0. The maximum absolute atomic E-state index is 12.2. The highest BCUT2D eigenvalue weighted by Crippen LogP contribution is 2.35. The first-order chi connectivity index (χ1) is 10.1. The van der Waals surface area contributed by atoms with Crippen LogP contribution in [-0.2, 0) is 16.6 Å². The molecule has 6 heteroatoms. The van der Waals surface area contributed by atoms with Crippen LogP contribution < -0.4 is 10.0 Å². The maximum atomic E-state index is 12.2. The number of nitrogens with zero attached hydrogens (tertiary/aromatic N) is 1. The lowest BCUT2D eigenvalue weighted by Crippen LogP contribution is -2.28. The second-order valence-corrected chi connectivity index (χ2v) is 7.35. The van der Waals surface area contributed by atoms with Gasteiger partial charge in [0.2, 0.25) is 0 Å². The van der Waals surface area contributed by atoms with Crippen LogP contribution in [0.25, 0.3) is 0 Å². The summed E-state index contributed by atoms with van der Waals surface area (Å²) in [6.07, 6.45) is 5.84. The topological polar surface area (TPSA) is 71.1 Å². The van der Waals surface area contributed by atoms with Gasteiger partial charge in [0.05, 0.1) is 0 Å². The largest absolute Gasteiger partial charge is 0.313 e. The van der Waals surface area contributed by atoms with E-state index in [1.807, 2.05) is 6.07 Å². The molecule has 1 aromatic heterocycles. The fraction of sp³-hybridized carbons (Fsp3) is 0.667. The molecule has 0 saturated heterocycles. The summed E-state index contributed by atoms with van der Waals surface area (Å²) in [4.78, 5) is 4.09. The van der Waals surface area contributed by atoms with E-state index in [4.69, 9.17) is 0 Å². The van der Waals surface area contributed by atoms with E-state index in [1.54, 1.807) is 12.3 Å². The zero-order valence-corrected chi connectivity index (χ0v) is 13.6. The van der Waals surface area contributed by atoms with E-state index in [9.17, 15) is 8.42 Å². The Morgan fingerprint density at radius 2 is 2.10 bits per heavy atom.